The number of aryl methyl sites for hydroxylation is 2. The molecule has 0 amide bonds. The predicted molar refractivity (Wildman–Crippen MR) is 84.7 cm³/mol. The highest BCUT2D eigenvalue weighted by Gasteiger charge is 2.03. The molecule has 0 aliphatic carbocycles. The lowest BCUT2D eigenvalue weighted by atomic mass is 10.1. The van der Waals surface area contributed by atoms with Gasteiger partial charge in [0.25, 0.3) is 0 Å². The molecule has 0 bridgehead atoms. The minimum atomic E-state index is 0.776. The van der Waals surface area contributed by atoms with Gasteiger partial charge in [0, 0.05) is 23.6 Å². The predicted octanol–water partition coefficient (Wildman–Crippen LogP) is 3.90. The number of H-pyrrole nitrogens is 1. The molecule has 0 spiro atoms. The number of nitrogens with one attached hydrogen (secondary N) is 3. The fourth-order valence-corrected chi connectivity index (χ4v) is 2.52. The molecule has 1 aromatic heterocycles. The van der Waals surface area contributed by atoms with Crippen molar-refractivity contribution in [1.29, 1.82) is 0 Å². The molecule has 102 valence electrons. The summed E-state index contributed by atoms with van der Waals surface area (Å²) in [6.07, 6.45) is 2.06. The van der Waals surface area contributed by atoms with Gasteiger partial charge in [0.15, 0.2) is 0 Å². The van der Waals surface area contributed by atoms with Gasteiger partial charge in [-0.15, -0.1) is 0 Å². The summed E-state index contributed by atoms with van der Waals surface area (Å²) in [6.45, 7) is 5.00. The van der Waals surface area contributed by atoms with Crippen LogP contribution in [0.2, 0.25) is 0 Å². The Morgan fingerprint density at radius 1 is 0.950 bits per heavy atom. The average Bonchev–Trinajstić information content (AvgIpc) is 2.86. The van der Waals surface area contributed by atoms with E-state index in [0.29, 0.717) is 0 Å². The number of hydrazine groups is 1. The number of para-hydroxylation sites is 2. The topological polar surface area (TPSA) is 39.8 Å². The van der Waals surface area contributed by atoms with Crippen molar-refractivity contribution in [2.75, 3.05) is 5.43 Å². The lowest BCUT2D eigenvalue weighted by Gasteiger charge is -2.13. The molecule has 3 rings (SSSR count). The summed E-state index contributed by atoms with van der Waals surface area (Å²) >= 11 is 0. The van der Waals surface area contributed by atoms with Gasteiger partial charge in [-0.25, -0.2) is 5.43 Å². The molecule has 2 aromatic carbocycles. The zero-order valence-corrected chi connectivity index (χ0v) is 11.8. The van der Waals surface area contributed by atoms with E-state index in [-0.39, 0.29) is 0 Å². The standard InChI is InChI=1S/C17H19N3/c1-12-6-5-7-13(2)17(12)20-19-11-14-10-18-16-9-4-3-8-15(14)16/h3-10,18-20H,11H2,1-2H3. The number of fused-ring (bicyclic) bond motifs is 1. The second-order valence-electron chi connectivity index (χ2n) is 5.10. The Labute approximate surface area is 119 Å². The highest BCUT2D eigenvalue weighted by Crippen LogP contribution is 2.20. The maximum atomic E-state index is 3.32. The quantitative estimate of drug-likeness (QED) is 0.626. The normalized spacial score (nSPS) is 10.9. The minimum absolute atomic E-state index is 0.776. The Bertz CT molecular complexity index is 708. The zero-order chi connectivity index (χ0) is 13.9. The molecule has 0 radical (unpaired) electrons. The molecule has 3 nitrogen and oxygen atoms in total. The molecular formula is C17H19N3. The Balaban J connectivity index is 1.71. The second kappa shape index (κ2) is 5.39. The van der Waals surface area contributed by atoms with Crippen molar-refractivity contribution >= 4 is 16.6 Å². The molecule has 1 heterocycles. The Morgan fingerprint density at radius 2 is 1.70 bits per heavy atom. The Kier molecular flexibility index (Phi) is 3.44. The third-order valence-electron chi connectivity index (χ3n) is 3.65. The monoisotopic (exact) mass is 265 g/mol. The van der Waals surface area contributed by atoms with E-state index >= 15 is 0 Å². The van der Waals surface area contributed by atoms with Crippen LogP contribution in [0.25, 0.3) is 10.9 Å². The maximum Gasteiger partial charge on any atom is 0.0546 e. The van der Waals surface area contributed by atoms with Crippen LogP contribution in [0.5, 0.6) is 0 Å². The van der Waals surface area contributed by atoms with Crippen LogP contribution in [0.15, 0.2) is 48.7 Å². The first-order valence-corrected chi connectivity index (χ1v) is 6.86. The number of hydrogen-bond acceptors (Lipinski definition) is 2. The molecule has 0 atom stereocenters. The smallest absolute Gasteiger partial charge is 0.0546 e. The van der Waals surface area contributed by atoms with Crippen molar-refractivity contribution in [2.45, 2.75) is 20.4 Å². The third kappa shape index (κ3) is 2.40. The van der Waals surface area contributed by atoms with Crippen LogP contribution in [0.3, 0.4) is 0 Å². The molecule has 0 saturated carbocycles. The van der Waals surface area contributed by atoms with Crippen LogP contribution < -0.4 is 10.9 Å². The average molecular weight is 265 g/mol. The van der Waals surface area contributed by atoms with E-state index in [0.717, 1.165) is 12.2 Å². The molecule has 3 aromatic rings. The SMILES string of the molecule is Cc1cccc(C)c1NNCc1c[nH]c2ccccc12. The van der Waals surface area contributed by atoms with E-state index in [1.165, 1.54) is 27.6 Å². The number of hydrogen-bond donors (Lipinski definition) is 3. The summed E-state index contributed by atoms with van der Waals surface area (Å²) < 4.78 is 0. The first kappa shape index (κ1) is 12.8. The zero-order valence-electron chi connectivity index (χ0n) is 11.8. The van der Waals surface area contributed by atoms with E-state index < -0.39 is 0 Å². The molecule has 3 N–H and O–H groups in total. The lowest BCUT2D eigenvalue weighted by molar-refractivity contribution is 0.803. The number of aromatic amines is 1. The van der Waals surface area contributed by atoms with Gasteiger partial charge in [0.1, 0.15) is 0 Å². The van der Waals surface area contributed by atoms with Crippen molar-refractivity contribution in [3.05, 3.63) is 65.4 Å². The molecule has 0 fully saturated rings. The van der Waals surface area contributed by atoms with Gasteiger partial charge in [-0.3, -0.25) is 0 Å². The van der Waals surface area contributed by atoms with Crippen LogP contribution in [0.1, 0.15) is 16.7 Å². The summed E-state index contributed by atoms with van der Waals surface area (Å²) in [5.41, 5.74) is 12.7. The summed E-state index contributed by atoms with van der Waals surface area (Å²) in [5.74, 6) is 0. The summed E-state index contributed by atoms with van der Waals surface area (Å²) in [7, 11) is 0. The van der Waals surface area contributed by atoms with Gasteiger partial charge >= 0.3 is 0 Å². The number of anilines is 1. The maximum absolute atomic E-state index is 3.32. The van der Waals surface area contributed by atoms with Gasteiger partial charge < -0.3 is 10.4 Å². The van der Waals surface area contributed by atoms with Gasteiger partial charge in [-0.1, -0.05) is 36.4 Å². The van der Waals surface area contributed by atoms with Crippen LogP contribution in [-0.2, 0) is 6.54 Å². The summed E-state index contributed by atoms with van der Waals surface area (Å²) in [6, 6.07) is 14.7. The fourth-order valence-electron chi connectivity index (χ4n) is 2.52. The van der Waals surface area contributed by atoms with Crippen molar-refractivity contribution < 1.29 is 0 Å². The van der Waals surface area contributed by atoms with Crippen LogP contribution in [0, 0.1) is 13.8 Å². The van der Waals surface area contributed by atoms with Crippen LogP contribution >= 0.6 is 0 Å². The Hall–Kier alpha value is -2.26. The number of aromatic nitrogens is 1. The van der Waals surface area contributed by atoms with Crippen molar-refractivity contribution in [2.24, 2.45) is 0 Å². The highest BCUT2D eigenvalue weighted by molar-refractivity contribution is 5.83. The second-order valence-corrected chi connectivity index (χ2v) is 5.10. The van der Waals surface area contributed by atoms with Gasteiger partial charge in [-0.2, -0.15) is 0 Å². The number of rotatable bonds is 4. The molecule has 0 aliphatic heterocycles. The highest BCUT2D eigenvalue weighted by atomic mass is 15.4. The van der Waals surface area contributed by atoms with Crippen molar-refractivity contribution in [3.8, 4) is 0 Å². The van der Waals surface area contributed by atoms with E-state index in [1.807, 2.05) is 6.07 Å². The van der Waals surface area contributed by atoms with Crippen LogP contribution in [0.4, 0.5) is 5.69 Å². The molecule has 20 heavy (non-hydrogen) atoms. The lowest BCUT2D eigenvalue weighted by Crippen LogP contribution is -2.22. The minimum Gasteiger partial charge on any atom is -0.361 e. The van der Waals surface area contributed by atoms with E-state index in [1.54, 1.807) is 0 Å². The molecule has 0 saturated heterocycles. The van der Waals surface area contributed by atoms with Gasteiger partial charge in [0.2, 0.25) is 0 Å². The summed E-state index contributed by atoms with van der Waals surface area (Å²) in [5, 5.41) is 1.27. The third-order valence-corrected chi connectivity index (χ3v) is 3.65. The Morgan fingerprint density at radius 3 is 2.50 bits per heavy atom. The fraction of sp³-hybridized carbons (Fsp3) is 0.176. The number of benzene rings is 2. The molecule has 3 heteroatoms. The summed E-state index contributed by atoms with van der Waals surface area (Å²) in [4.78, 5) is 3.29. The van der Waals surface area contributed by atoms with E-state index in [9.17, 15) is 0 Å². The van der Waals surface area contributed by atoms with Crippen molar-refractivity contribution in [1.82, 2.24) is 10.4 Å². The van der Waals surface area contributed by atoms with Gasteiger partial charge in [-0.05, 0) is 36.6 Å². The molecular weight excluding hydrogens is 246 g/mol. The van der Waals surface area contributed by atoms with Crippen molar-refractivity contribution in [3.63, 3.8) is 0 Å². The van der Waals surface area contributed by atoms with E-state index in [4.69, 9.17) is 0 Å². The first-order valence-electron chi connectivity index (χ1n) is 6.86. The first-order chi connectivity index (χ1) is 9.75. The van der Waals surface area contributed by atoms with E-state index in [2.05, 4.69) is 72.3 Å². The van der Waals surface area contributed by atoms with Gasteiger partial charge in [0.05, 0.1) is 5.69 Å². The molecule has 0 aliphatic rings. The largest absolute Gasteiger partial charge is 0.361 e. The molecule has 0 unspecified atom stereocenters. The van der Waals surface area contributed by atoms with Crippen LogP contribution in [-0.4, -0.2) is 4.98 Å².